The lowest BCUT2D eigenvalue weighted by Crippen LogP contribution is -2.14. The van der Waals surface area contributed by atoms with Crippen LogP contribution in [0.5, 0.6) is 0 Å². The first-order chi connectivity index (χ1) is 8.08. The molecule has 0 unspecified atom stereocenters. The summed E-state index contributed by atoms with van der Waals surface area (Å²) >= 11 is 2.92. The van der Waals surface area contributed by atoms with Crippen LogP contribution in [0.3, 0.4) is 0 Å². The molecule has 0 fully saturated rings. The molecule has 88 valence electrons. The van der Waals surface area contributed by atoms with Gasteiger partial charge in [-0.2, -0.15) is 4.37 Å². The molecular weight excluding hydrogens is 258 g/mol. The van der Waals surface area contributed by atoms with Gasteiger partial charge in [0.2, 0.25) is 0 Å². The van der Waals surface area contributed by atoms with Gasteiger partial charge in [0.25, 0.3) is 5.69 Å². The summed E-state index contributed by atoms with van der Waals surface area (Å²) in [5, 5.41) is 11.5. The average Bonchev–Trinajstić information content (AvgIpc) is 2.78. The SMILES string of the molecule is C[N+](C)=c1snc(-c2cccc([N+](=O)[O-])c2)s1. The highest BCUT2D eigenvalue weighted by atomic mass is 32.2. The van der Waals surface area contributed by atoms with Gasteiger partial charge in [-0.15, -0.1) is 0 Å². The molecule has 0 aliphatic heterocycles. The first-order valence-electron chi connectivity index (χ1n) is 4.80. The number of hydrogen-bond acceptors (Lipinski definition) is 5. The van der Waals surface area contributed by atoms with Gasteiger partial charge in [0, 0.05) is 29.2 Å². The van der Waals surface area contributed by atoms with Crippen molar-refractivity contribution in [3.8, 4) is 10.6 Å². The molecular formula is C10H10N3O2S2+. The molecule has 5 nitrogen and oxygen atoms in total. The van der Waals surface area contributed by atoms with Gasteiger partial charge < -0.3 is 0 Å². The summed E-state index contributed by atoms with van der Waals surface area (Å²) in [6, 6.07) is 6.53. The van der Waals surface area contributed by atoms with Crippen LogP contribution < -0.4 is 8.56 Å². The van der Waals surface area contributed by atoms with E-state index in [1.165, 1.54) is 28.9 Å². The molecule has 0 aliphatic rings. The predicted octanol–water partition coefficient (Wildman–Crippen LogP) is 1.81. The minimum atomic E-state index is -0.395. The van der Waals surface area contributed by atoms with Crippen LogP contribution in [0, 0.1) is 10.1 Å². The van der Waals surface area contributed by atoms with E-state index in [9.17, 15) is 10.1 Å². The monoisotopic (exact) mass is 268 g/mol. The van der Waals surface area contributed by atoms with Crippen molar-refractivity contribution in [3.63, 3.8) is 0 Å². The summed E-state index contributed by atoms with van der Waals surface area (Å²) in [5.74, 6) is 0. The molecule has 0 spiro atoms. The number of nitro benzene ring substituents is 1. The van der Waals surface area contributed by atoms with E-state index < -0.39 is 4.92 Å². The van der Waals surface area contributed by atoms with Crippen molar-refractivity contribution < 1.29 is 4.92 Å². The molecule has 0 radical (unpaired) electrons. The Bertz CT molecular complexity index is 626. The van der Waals surface area contributed by atoms with Crippen molar-refractivity contribution >= 4 is 28.6 Å². The van der Waals surface area contributed by atoms with E-state index in [1.54, 1.807) is 12.1 Å². The molecule has 0 amide bonds. The second kappa shape index (κ2) is 4.72. The third kappa shape index (κ3) is 2.56. The molecule has 0 atom stereocenters. The Morgan fingerprint density at radius 2 is 2.12 bits per heavy atom. The summed E-state index contributed by atoms with van der Waals surface area (Å²) in [6.07, 6.45) is 0. The molecule has 1 aromatic heterocycles. The Balaban J connectivity index is 2.49. The molecule has 7 heteroatoms. The number of aromatic nitrogens is 1. The van der Waals surface area contributed by atoms with Crippen molar-refractivity contribution in [2.24, 2.45) is 0 Å². The molecule has 0 saturated heterocycles. The number of benzene rings is 1. The number of hydrogen-bond donors (Lipinski definition) is 0. The van der Waals surface area contributed by atoms with Crippen molar-refractivity contribution in [1.82, 2.24) is 8.95 Å². The minimum absolute atomic E-state index is 0.0918. The molecule has 0 bridgehead atoms. The molecule has 1 aromatic carbocycles. The highest BCUT2D eigenvalue weighted by molar-refractivity contribution is 7.25. The van der Waals surface area contributed by atoms with E-state index in [2.05, 4.69) is 4.37 Å². The van der Waals surface area contributed by atoms with Crippen LogP contribution in [-0.2, 0) is 0 Å². The third-order valence-corrected chi connectivity index (χ3v) is 4.50. The quantitative estimate of drug-likeness (QED) is 0.474. The lowest BCUT2D eigenvalue weighted by Gasteiger charge is -1.94. The van der Waals surface area contributed by atoms with Crippen molar-refractivity contribution in [2.45, 2.75) is 0 Å². The largest absolute Gasteiger partial charge is 0.333 e. The second-order valence-electron chi connectivity index (χ2n) is 3.56. The van der Waals surface area contributed by atoms with E-state index >= 15 is 0 Å². The molecule has 0 aliphatic carbocycles. The fourth-order valence-electron chi connectivity index (χ4n) is 1.24. The Morgan fingerprint density at radius 1 is 1.35 bits per heavy atom. The summed E-state index contributed by atoms with van der Waals surface area (Å²) < 4.78 is 7.34. The third-order valence-electron chi connectivity index (χ3n) is 2.06. The minimum Gasteiger partial charge on any atom is -0.258 e. The van der Waals surface area contributed by atoms with Gasteiger partial charge in [0.1, 0.15) is 19.1 Å². The number of non-ortho nitro benzene ring substituents is 1. The van der Waals surface area contributed by atoms with Crippen molar-refractivity contribution in [1.29, 1.82) is 0 Å². The van der Waals surface area contributed by atoms with Crippen LogP contribution >= 0.6 is 22.9 Å². The van der Waals surface area contributed by atoms with Gasteiger partial charge in [-0.3, -0.25) is 10.1 Å². The first-order valence-corrected chi connectivity index (χ1v) is 6.39. The van der Waals surface area contributed by atoms with Crippen LogP contribution in [0.25, 0.3) is 10.6 Å². The maximum absolute atomic E-state index is 10.7. The number of nitrogens with zero attached hydrogens (tertiary/aromatic N) is 3. The fraction of sp³-hybridized carbons (Fsp3) is 0.200. The highest BCUT2D eigenvalue weighted by Crippen LogP contribution is 2.24. The van der Waals surface area contributed by atoms with E-state index in [4.69, 9.17) is 0 Å². The molecule has 0 N–H and O–H groups in total. The molecule has 1 heterocycles. The lowest BCUT2D eigenvalue weighted by atomic mass is 10.2. The Hall–Kier alpha value is -1.60. The maximum atomic E-state index is 10.7. The molecule has 0 saturated carbocycles. The summed E-state index contributed by atoms with van der Waals surface area (Å²) in [4.78, 5) is 10.3. The van der Waals surface area contributed by atoms with Gasteiger partial charge in [0.15, 0.2) is 0 Å². The van der Waals surface area contributed by atoms with E-state index in [0.717, 1.165) is 14.6 Å². The number of rotatable bonds is 2. The standard InChI is InChI=1S/C10H10N3O2S2/c1-12(2)10-16-9(11-17-10)7-4-3-5-8(6-7)13(14)15/h3-6H,1-2H3/q+1. The molecule has 2 rings (SSSR count). The van der Waals surface area contributed by atoms with Crippen LogP contribution in [0.15, 0.2) is 24.3 Å². The van der Waals surface area contributed by atoms with Gasteiger partial charge in [-0.1, -0.05) is 12.1 Å². The van der Waals surface area contributed by atoms with Crippen LogP contribution in [0.4, 0.5) is 5.69 Å². The summed E-state index contributed by atoms with van der Waals surface area (Å²) in [6.45, 7) is 0. The summed E-state index contributed by atoms with van der Waals surface area (Å²) in [5.41, 5.74) is 0.877. The normalized spacial score (nSPS) is 10.2. The van der Waals surface area contributed by atoms with Crippen LogP contribution in [0.2, 0.25) is 0 Å². The van der Waals surface area contributed by atoms with Gasteiger partial charge >= 0.3 is 3.98 Å². The zero-order valence-corrected chi connectivity index (χ0v) is 10.9. The van der Waals surface area contributed by atoms with E-state index in [-0.39, 0.29) is 5.69 Å². The molecule has 17 heavy (non-hydrogen) atoms. The second-order valence-corrected chi connectivity index (χ2v) is 5.55. The fourth-order valence-corrected chi connectivity index (χ4v) is 3.02. The Kier molecular flexibility index (Phi) is 3.30. The van der Waals surface area contributed by atoms with Gasteiger partial charge in [-0.25, -0.2) is 4.58 Å². The zero-order valence-electron chi connectivity index (χ0n) is 9.28. The molecule has 2 aromatic rings. The zero-order chi connectivity index (χ0) is 12.4. The van der Waals surface area contributed by atoms with Crippen LogP contribution in [-0.4, -0.2) is 23.4 Å². The van der Waals surface area contributed by atoms with E-state index in [1.807, 2.05) is 24.7 Å². The van der Waals surface area contributed by atoms with Gasteiger partial charge in [0.05, 0.1) is 4.92 Å². The van der Waals surface area contributed by atoms with Crippen LogP contribution in [0.1, 0.15) is 0 Å². The maximum Gasteiger partial charge on any atom is 0.333 e. The average molecular weight is 268 g/mol. The Morgan fingerprint density at radius 3 is 2.71 bits per heavy atom. The summed E-state index contributed by atoms with van der Waals surface area (Å²) in [7, 11) is 3.89. The lowest BCUT2D eigenvalue weighted by molar-refractivity contribution is -0.384. The predicted molar refractivity (Wildman–Crippen MR) is 69.2 cm³/mol. The van der Waals surface area contributed by atoms with Crippen molar-refractivity contribution in [3.05, 3.63) is 38.4 Å². The van der Waals surface area contributed by atoms with E-state index in [0.29, 0.717) is 0 Å². The van der Waals surface area contributed by atoms with Gasteiger partial charge in [-0.05, 0) is 11.3 Å². The smallest absolute Gasteiger partial charge is 0.258 e. The highest BCUT2D eigenvalue weighted by Gasteiger charge is 2.11. The Labute approximate surface area is 106 Å². The first kappa shape index (κ1) is 11.9. The number of nitro groups is 1. The van der Waals surface area contributed by atoms with Crippen molar-refractivity contribution in [2.75, 3.05) is 14.1 Å². The topological polar surface area (TPSA) is 59.0 Å².